The molecular formula is C20H19N3O3. The summed E-state index contributed by atoms with van der Waals surface area (Å²) in [6.07, 6.45) is 0.782. The molecule has 0 atom stereocenters. The summed E-state index contributed by atoms with van der Waals surface area (Å²) >= 11 is 0. The fraction of sp³-hybridized carbons (Fsp3) is 0.200. The average Bonchev–Trinajstić information content (AvgIpc) is 2.67. The van der Waals surface area contributed by atoms with Crippen molar-refractivity contribution in [1.29, 1.82) is 0 Å². The molecule has 1 aliphatic heterocycles. The number of nitrogens with zero attached hydrogens (tertiary/aromatic N) is 2. The van der Waals surface area contributed by atoms with Crippen molar-refractivity contribution >= 4 is 11.5 Å². The minimum atomic E-state index is -0.255. The van der Waals surface area contributed by atoms with Crippen LogP contribution in [0.4, 0.5) is 11.5 Å². The van der Waals surface area contributed by atoms with E-state index in [9.17, 15) is 4.79 Å². The molecule has 0 saturated carbocycles. The van der Waals surface area contributed by atoms with Crippen molar-refractivity contribution in [2.75, 3.05) is 19.5 Å². The number of aryl methyl sites for hydroxylation is 1. The Hall–Kier alpha value is -3.28. The summed E-state index contributed by atoms with van der Waals surface area (Å²) in [4.78, 5) is 16.7. The summed E-state index contributed by atoms with van der Waals surface area (Å²) in [5.41, 5.74) is 3.62. The largest absolute Gasteiger partial charge is 0.497 e. The lowest BCUT2D eigenvalue weighted by atomic mass is 9.97. The van der Waals surface area contributed by atoms with Gasteiger partial charge in [0.25, 0.3) is 0 Å². The summed E-state index contributed by atoms with van der Waals surface area (Å²) < 4.78 is 12.3. The van der Waals surface area contributed by atoms with Gasteiger partial charge in [0.05, 0.1) is 19.9 Å². The van der Waals surface area contributed by atoms with E-state index >= 15 is 0 Å². The van der Waals surface area contributed by atoms with Gasteiger partial charge in [0.1, 0.15) is 17.3 Å². The third-order valence-electron chi connectivity index (χ3n) is 4.55. The Balaban J connectivity index is 1.75. The number of rotatable bonds is 4. The van der Waals surface area contributed by atoms with Gasteiger partial charge in [0.15, 0.2) is 0 Å². The van der Waals surface area contributed by atoms with Gasteiger partial charge in [-0.2, -0.15) is 4.98 Å². The molecule has 3 aromatic rings. The van der Waals surface area contributed by atoms with Crippen LogP contribution < -0.4 is 20.5 Å². The highest BCUT2D eigenvalue weighted by molar-refractivity contribution is 5.70. The highest BCUT2D eigenvalue weighted by atomic mass is 16.5. The minimum Gasteiger partial charge on any atom is -0.497 e. The number of anilines is 2. The second kappa shape index (κ2) is 6.55. The summed E-state index contributed by atoms with van der Waals surface area (Å²) in [6, 6.07) is 15.3. The molecule has 2 heterocycles. The molecule has 0 spiro atoms. The molecule has 6 heteroatoms. The quantitative estimate of drug-likeness (QED) is 0.783. The Morgan fingerprint density at radius 3 is 2.65 bits per heavy atom. The van der Waals surface area contributed by atoms with Gasteiger partial charge in [-0.1, -0.05) is 6.07 Å². The number of hydrogen-bond acceptors (Lipinski definition) is 5. The standard InChI is InChI=1S/C20H19N3O3/c1-25-15-5-3-4-14(11-15)21-19-12-18-17-7-6-16(26-2)10-13(17)8-9-23(18)20(24)22-19/h3-7,10-12H,8-9H2,1-2H3,(H,21,22,24). The first-order chi connectivity index (χ1) is 12.7. The Morgan fingerprint density at radius 2 is 1.85 bits per heavy atom. The smallest absolute Gasteiger partial charge is 0.350 e. The molecule has 6 nitrogen and oxygen atoms in total. The van der Waals surface area contributed by atoms with Gasteiger partial charge < -0.3 is 14.8 Å². The van der Waals surface area contributed by atoms with Crippen LogP contribution in [0.2, 0.25) is 0 Å². The predicted octanol–water partition coefficient (Wildman–Crippen LogP) is 3.23. The first-order valence-corrected chi connectivity index (χ1v) is 8.38. The van der Waals surface area contributed by atoms with Crippen molar-refractivity contribution in [1.82, 2.24) is 9.55 Å². The topological polar surface area (TPSA) is 65.4 Å². The Kier molecular flexibility index (Phi) is 4.08. The maximum absolute atomic E-state index is 12.5. The number of ether oxygens (including phenoxy) is 2. The zero-order chi connectivity index (χ0) is 18.1. The van der Waals surface area contributed by atoms with E-state index in [1.807, 2.05) is 48.5 Å². The van der Waals surface area contributed by atoms with E-state index in [-0.39, 0.29) is 5.69 Å². The monoisotopic (exact) mass is 349 g/mol. The molecule has 4 rings (SSSR count). The van der Waals surface area contributed by atoms with E-state index in [2.05, 4.69) is 10.3 Å². The molecule has 0 unspecified atom stereocenters. The first-order valence-electron chi connectivity index (χ1n) is 8.38. The van der Waals surface area contributed by atoms with Crippen LogP contribution in [0, 0.1) is 0 Å². The van der Waals surface area contributed by atoms with Crippen molar-refractivity contribution in [3.63, 3.8) is 0 Å². The van der Waals surface area contributed by atoms with Crippen LogP contribution in [0.25, 0.3) is 11.3 Å². The molecule has 26 heavy (non-hydrogen) atoms. The molecule has 0 radical (unpaired) electrons. The lowest BCUT2D eigenvalue weighted by Crippen LogP contribution is -2.28. The van der Waals surface area contributed by atoms with E-state index < -0.39 is 0 Å². The maximum Gasteiger partial charge on any atom is 0.350 e. The van der Waals surface area contributed by atoms with Gasteiger partial charge in [-0.15, -0.1) is 0 Å². The van der Waals surface area contributed by atoms with Gasteiger partial charge in [-0.3, -0.25) is 4.57 Å². The lowest BCUT2D eigenvalue weighted by molar-refractivity contribution is 0.414. The molecule has 0 fully saturated rings. The third-order valence-corrected chi connectivity index (χ3v) is 4.55. The molecular weight excluding hydrogens is 330 g/mol. The highest BCUT2D eigenvalue weighted by Crippen LogP contribution is 2.32. The Bertz CT molecular complexity index is 1030. The van der Waals surface area contributed by atoms with Crippen molar-refractivity contribution in [3.05, 3.63) is 64.6 Å². The number of methoxy groups -OCH3 is 2. The summed E-state index contributed by atoms with van der Waals surface area (Å²) in [6.45, 7) is 0.612. The van der Waals surface area contributed by atoms with Crippen LogP contribution in [0.3, 0.4) is 0 Å². The van der Waals surface area contributed by atoms with E-state index in [1.165, 1.54) is 5.56 Å². The molecule has 1 aliphatic rings. The second-order valence-corrected chi connectivity index (χ2v) is 6.09. The number of hydrogen-bond donors (Lipinski definition) is 1. The van der Waals surface area contributed by atoms with Gasteiger partial charge >= 0.3 is 5.69 Å². The minimum absolute atomic E-state index is 0.255. The van der Waals surface area contributed by atoms with Gasteiger partial charge in [-0.05, 0) is 42.3 Å². The van der Waals surface area contributed by atoms with Crippen LogP contribution in [0.15, 0.2) is 53.3 Å². The molecule has 0 aliphatic carbocycles. The molecule has 2 aromatic carbocycles. The van der Waals surface area contributed by atoms with Crippen molar-refractivity contribution in [3.8, 4) is 22.8 Å². The third kappa shape index (κ3) is 2.90. The average molecular weight is 349 g/mol. The normalized spacial score (nSPS) is 12.1. The number of nitrogens with one attached hydrogen (secondary N) is 1. The Morgan fingerprint density at radius 1 is 1.04 bits per heavy atom. The van der Waals surface area contributed by atoms with Crippen LogP contribution in [-0.2, 0) is 13.0 Å². The van der Waals surface area contributed by atoms with E-state index in [1.54, 1.807) is 18.8 Å². The zero-order valence-electron chi connectivity index (χ0n) is 14.7. The fourth-order valence-corrected chi connectivity index (χ4v) is 3.24. The SMILES string of the molecule is COc1cccc(Nc2cc3n(c(=O)n2)CCc2cc(OC)ccc2-3)c1. The highest BCUT2D eigenvalue weighted by Gasteiger charge is 2.19. The number of aromatic nitrogens is 2. The molecule has 0 saturated heterocycles. The zero-order valence-corrected chi connectivity index (χ0v) is 14.7. The molecule has 1 N–H and O–H groups in total. The maximum atomic E-state index is 12.5. The summed E-state index contributed by atoms with van der Waals surface area (Å²) in [7, 11) is 3.27. The van der Waals surface area contributed by atoms with Gasteiger partial charge in [0.2, 0.25) is 0 Å². The van der Waals surface area contributed by atoms with Gasteiger partial charge in [-0.25, -0.2) is 4.79 Å². The fourth-order valence-electron chi connectivity index (χ4n) is 3.24. The van der Waals surface area contributed by atoms with Crippen LogP contribution in [0.5, 0.6) is 11.5 Å². The van der Waals surface area contributed by atoms with E-state index in [4.69, 9.17) is 9.47 Å². The first kappa shape index (κ1) is 16.2. The van der Waals surface area contributed by atoms with Crippen LogP contribution >= 0.6 is 0 Å². The summed E-state index contributed by atoms with van der Waals surface area (Å²) in [5, 5.41) is 3.19. The van der Waals surface area contributed by atoms with Crippen LogP contribution in [-0.4, -0.2) is 23.8 Å². The van der Waals surface area contributed by atoms with Gasteiger partial charge in [0, 0.05) is 29.9 Å². The number of benzene rings is 2. The van der Waals surface area contributed by atoms with Crippen molar-refractivity contribution < 1.29 is 9.47 Å². The lowest BCUT2D eigenvalue weighted by Gasteiger charge is -2.22. The van der Waals surface area contributed by atoms with Crippen molar-refractivity contribution in [2.24, 2.45) is 0 Å². The molecule has 132 valence electrons. The van der Waals surface area contributed by atoms with Crippen molar-refractivity contribution in [2.45, 2.75) is 13.0 Å². The summed E-state index contributed by atoms with van der Waals surface area (Å²) in [5.74, 6) is 2.07. The van der Waals surface area contributed by atoms with E-state index in [0.717, 1.165) is 34.9 Å². The van der Waals surface area contributed by atoms with Crippen LogP contribution in [0.1, 0.15) is 5.56 Å². The molecule has 0 amide bonds. The number of fused-ring (bicyclic) bond motifs is 3. The Labute approximate surface area is 151 Å². The molecule has 1 aromatic heterocycles. The second-order valence-electron chi connectivity index (χ2n) is 6.09. The molecule has 0 bridgehead atoms. The van der Waals surface area contributed by atoms with E-state index in [0.29, 0.717) is 12.4 Å². The predicted molar refractivity (Wildman–Crippen MR) is 100 cm³/mol.